The van der Waals surface area contributed by atoms with Crippen LogP contribution in [0.1, 0.15) is 39.5 Å². The van der Waals surface area contributed by atoms with E-state index in [1.54, 1.807) is 0 Å². The minimum absolute atomic E-state index is 0.480. The van der Waals surface area contributed by atoms with Crippen LogP contribution in [0.3, 0.4) is 0 Å². The van der Waals surface area contributed by atoms with Crippen LogP contribution in [0.2, 0.25) is 0 Å². The number of morpholine rings is 1. The molecular weight excluding hydrogens is 162 g/mol. The topological polar surface area (TPSA) is 21.3 Å². The van der Waals surface area contributed by atoms with Crippen molar-refractivity contribution in [3.8, 4) is 0 Å². The molecule has 2 nitrogen and oxygen atoms in total. The molecule has 1 heterocycles. The summed E-state index contributed by atoms with van der Waals surface area (Å²) in [5.41, 5.74) is 0. The van der Waals surface area contributed by atoms with Crippen molar-refractivity contribution in [3.05, 3.63) is 0 Å². The molecule has 1 atom stereocenters. The molecule has 0 radical (unpaired) electrons. The van der Waals surface area contributed by atoms with E-state index in [0.29, 0.717) is 6.10 Å². The first-order chi connectivity index (χ1) is 6.38. The van der Waals surface area contributed by atoms with Crippen LogP contribution in [0.4, 0.5) is 0 Å². The molecule has 0 saturated carbocycles. The molecule has 1 saturated heterocycles. The first-order valence-corrected chi connectivity index (χ1v) is 5.70. The Morgan fingerprint density at radius 3 is 2.46 bits per heavy atom. The summed E-state index contributed by atoms with van der Waals surface area (Å²) in [7, 11) is 0. The molecule has 0 spiro atoms. The number of nitrogens with one attached hydrogen (secondary N) is 1. The van der Waals surface area contributed by atoms with Gasteiger partial charge in [-0.3, -0.25) is 0 Å². The van der Waals surface area contributed by atoms with Gasteiger partial charge in [-0.1, -0.05) is 26.7 Å². The second-order valence-corrected chi connectivity index (χ2v) is 3.95. The monoisotopic (exact) mass is 185 g/mol. The summed E-state index contributed by atoms with van der Waals surface area (Å²) in [4.78, 5) is 0. The normalized spacial score (nSPS) is 23.8. The first kappa shape index (κ1) is 11.0. The fraction of sp³-hybridized carbons (Fsp3) is 1.00. The molecule has 0 aromatic rings. The minimum Gasteiger partial charge on any atom is -0.375 e. The van der Waals surface area contributed by atoms with Gasteiger partial charge in [0.2, 0.25) is 0 Å². The third-order valence-corrected chi connectivity index (χ3v) is 2.80. The van der Waals surface area contributed by atoms with Crippen LogP contribution in [0, 0.1) is 5.92 Å². The Morgan fingerprint density at radius 2 is 2.00 bits per heavy atom. The third kappa shape index (κ3) is 3.65. The van der Waals surface area contributed by atoms with Gasteiger partial charge in [-0.15, -0.1) is 0 Å². The van der Waals surface area contributed by atoms with Gasteiger partial charge in [0.1, 0.15) is 0 Å². The van der Waals surface area contributed by atoms with Crippen molar-refractivity contribution in [3.63, 3.8) is 0 Å². The molecule has 1 unspecified atom stereocenters. The molecule has 2 heteroatoms. The van der Waals surface area contributed by atoms with Gasteiger partial charge >= 0.3 is 0 Å². The van der Waals surface area contributed by atoms with Crippen molar-refractivity contribution in [1.82, 2.24) is 5.32 Å². The van der Waals surface area contributed by atoms with Crippen molar-refractivity contribution < 1.29 is 4.74 Å². The highest BCUT2D eigenvalue weighted by Gasteiger charge is 2.22. The van der Waals surface area contributed by atoms with Crippen molar-refractivity contribution in [2.45, 2.75) is 45.6 Å². The van der Waals surface area contributed by atoms with E-state index in [-0.39, 0.29) is 0 Å². The smallest absolute Gasteiger partial charge is 0.0728 e. The van der Waals surface area contributed by atoms with Crippen LogP contribution >= 0.6 is 0 Å². The van der Waals surface area contributed by atoms with E-state index < -0.39 is 0 Å². The summed E-state index contributed by atoms with van der Waals surface area (Å²) in [5.74, 6) is 0.780. The van der Waals surface area contributed by atoms with Crippen molar-refractivity contribution in [1.29, 1.82) is 0 Å². The van der Waals surface area contributed by atoms with Crippen LogP contribution in [0.5, 0.6) is 0 Å². The van der Waals surface area contributed by atoms with Crippen molar-refractivity contribution >= 4 is 0 Å². The van der Waals surface area contributed by atoms with E-state index in [2.05, 4.69) is 19.2 Å². The van der Waals surface area contributed by atoms with E-state index >= 15 is 0 Å². The average molecular weight is 185 g/mol. The summed E-state index contributed by atoms with van der Waals surface area (Å²) < 4.78 is 5.78. The molecule has 13 heavy (non-hydrogen) atoms. The van der Waals surface area contributed by atoms with Gasteiger partial charge in [0.05, 0.1) is 12.7 Å². The molecule has 0 amide bonds. The Balaban J connectivity index is 2.32. The zero-order valence-electron chi connectivity index (χ0n) is 9.01. The summed E-state index contributed by atoms with van der Waals surface area (Å²) in [6, 6.07) is 0. The number of ether oxygens (including phenoxy) is 1. The maximum atomic E-state index is 5.78. The average Bonchev–Trinajstić information content (AvgIpc) is 2.19. The summed E-state index contributed by atoms with van der Waals surface area (Å²) in [6.07, 6.45) is 5.68. The van der Waals surface area contributed by atoms with E-state index in [4.69, 9.17) is 4.74 Å². The molecule has 1 N–H and O–H groups in total. The molecule has 1 aliphatic heterocycles. The number of hydrogen-bond donors (Lipinski definition) is 1. The third-order valence-electron chi connectivity index (χ3n) is 2.80. The van der Waals surface area contributed by atoms with Crippen LogP contribution in [-0.4, -0.2) is 25.8 Å². The highest BCUT2D eigenvalue weighted by atomic mass is 16.5. The lowest BCUT2D eigenvalue weighted by molar-refractivity contribution is -0.0141. The van der Waals surface area contributed by atoms with Gasteiger partial charge in [0.15, 0.2) is 0 Å². The van der Waals surface area contributed by atoms with Crippen LogP contribution in [0.15, 0.2) is 0 Å². The summed E-state index contributed by atoms with van der Waals surface area (Å²) in [5, 5.41) is 3.41. The van der Waals surface area contributed by atoms with Crippen LogP contribution < -0.4 is 5.32 Å². The molecular formula is C11H23NO. The SMILES string of the molecule is CCCC(CCC)C1CNCCO1. The van der Waals surface area contributed by atoms with Crippen molar-refractivity contribution in [2.75, 3.05) is 19.7 Å². The van der Waals surface area contributed by atoms with Gasteiger partial charge in [0, 0.05) is 13.1 Å². The fourth-order valence-corrected chi connectivity index (χ4v) is 2.15. The second kappa shape index (κ2) is 6.39. The van der Waals surface area contributed by atoms with E-state index in [9.17, 15) is 0 Å². The molecule has 0 aromatic heterocycles. The predicted octanol–water partition coefficient (Wildman–Crippen LogP) is 2.19. The fourth-order valence-electron chi connectivity index (χ4n) is 2.15. The maximum absolute atomic E-state index is 5.78. The maximum Gasteiger partial charge on any atom is 0.0728 e. The Kier molecular flexibility index (Phi) is 5.40. The molecule has 1 rings (SSSR count). The van der Waals surface area contributed by atoms with Gasteiger partial charge in [-0.05, 0) is 18.8 Å². The number of hydrogen-bond acceptors (Lipinski definition) is 2. The lowest BCUT2D eigenvalue weighted by Gasteiger charge is -2.30. The van der Waals surface area contributed by atoms with E-state index in [1.165, 1.54) is 25.7 Å². The standard InChI is InChI=1S/C11H23NO/c1-3-5-10(6-4-2)11-9-12-7-8-13-11/h10-12H,3-9H2,1-2H3. The predicted molar refractivity (Wildman–Crippen MR) is 55.9 cm³/mol. The Bertz CT molecular complexity index is 115. The molecule has 78 valence electrons. The Morgan fingerprint density at radius 1 is 1.31 bits per heavy atom. The van der Waals surface area contributed by atoms with E-state index in [0.717, 1.165) is 25.6 Å². The summed E-state index contributed by atoms with van der Waals surface area (Å²) >= 11 is 0. The molecule has 1 fully saturated rings. The lowest BCUT2D eigenvalue weighted by Crippen LogP contribution is -2.42. The quantitative estimate of drug-likeness (QED) is 0.709. The zero-order chi connectivity index (χ0) is 9.52. The molecule has 1 aliphatic rings. The second-order valence-electron chi connectivity index (χ2n) is 3.95. The Hall–Kier alpha value is -0.0800. The highest BCUT2D eigenvalue weighted by molar-refractivity contribution is 4.75. The van der Waals surface area contributed by atoms with Gasteiger partial charge in [-0.2, -0.15) is 0 Å². The van der Waals surface area contributed by atoms with Gasteiger partial charge < -0.3 is 10.1 Å². The molecule has 0 aromatic carbocycles. The highest BCUT2D eigenvalue weighted by Crippen LogP contribution is 2.21. The van der Waals surface area contributed by atoms with Gasteiger partial charge in [0.25, 0.3) is 0 Å². The van der Waals surface area contributed by atoms with E-state index in [1.807, 2.05) is 0 Å². The zero-order valence-corrected chi connectivity index (χ0v) is 9.01. The molecule has 0 bridgehead atoms. The first-order valence-electron chi connectivity index (χ1n) is 5.70. The molecule has 0 aliphatic carbocycles. The Labute approximate surface area is 82.0 Å². The lowest BCUT2D eigenvalue weighted by atomic mass is 9.92. The largest absolute Gasteiger partial charge is 0.375 e. The summed E-state index contributed by atoms with van der Waals surface area (Å²) in [6.45, 7) is 7.51. The minimum atomic E-state index is 0.480. The van der Waals surface area contributed by atoms with Gasteiger partial charge in [-0.25, -0.2) is 0 Å². The van der Waals surface area contributed by atoms with Crippen LogP contribution in [0.25, 0.3) is 0 Å². The van der Waals surface area contributed by atoms with Crippen molar-refractivity contribution in [2.24, 2.45) is 5.92 Å². The number of rotatable bonds is 5. The van der Waals surface area contributed by atoms with Crippen LogP contribution in [-0.2, 0) is 4.74 Å².